The molecule has 1 N–H and O–H groups in total. The maximum absolute atomic E-state index is 11.9. The van der Waals surface area contributed by atoms with Crippen molar-refractivity contribution in [2.75, 3.05) is 20.8 Å². The first-order valence-electron chi connectivity index (χ1n) is 5.68. The van der Waals surface area contributed by atoms with Crippen molar-refractivity contribution in [1.29, 1.82) is 0 Å². The van der Waals surface area contributed by atoms with Crippen LogP contribution in [0, 0.1) is 0 Å². The Balaban J connectivity index is 2.31. The topological polar surface area (TPSA) is 67.8 Å². The van der Waals surface area contributed by atoms with Crippen LogP contribution in [0.4, 0.5) is 0 Å². The van der Waals surface area contributed by atoms with Crippen LogP contribution >= 0.6 is 0 Å². The molecule has 0 aromatic heterocycles. The first kappa shape index (κ1) is 13.2. The van der Waals surface area contributed by atoms with E-state index in [-0.39, 0.29) is 6.04 Å². The minimum atomic E-state index is -3.50. The van der Waals surface area contributed by atoms with Gasteiger partial charge in [0, 0.05) is 25.1 Å². The number of benzene rings is 1. The summed E-state index contributed by atoms with van der Waals surface area (Å²) in [5.74, 6) is 0. The van der Waals surface area contributed by atoms with Crippen molar-refractivity contribution < 1.29 is 13.2 Å². The van der Waals surface area contributed by atoms with Crippen molar-refractivity contribution >= 4 is 15.7 Å². The number of rotatable bonds is 5. The van der Waals surface area contributed by atoms with Crippen LogP contribution < -0.4 is 5.32 Å². The Labute approximate surface area is 107 Å². The number of nitrogens with zero attached hydrogens (tertiary/aromatic N) is 1. The molecule has 0 saturated heterocycles. The normalized spacial score (nSPS) is 18.2. The molecule has 1 aliphatic rings. The van der Waals surface area contributed by atoms with E-state index >= 15 is 0 Å². The third kappa shape index (κ3) is 2.45. The van der Waals surface area contributed by atoms with Gasteiger partial charge in [0.05, 0.1) is 17.2 Å². The molecule has 0 radical (unpaired) electrons. The first-order valence-corrected chi connectivity index (χ1v) is 7.12. The van der Waals surface area contributed by atoms with Crippen LogP contribution in [0.3, 0.4) is 0 Å². The summed E-state index contributed by atoms with van der Waals surface area (Å²) in [6.45, 7) is 0.512. The summed E-state index contributed by atoms with van der Waals surface area (Å²) >= 11 is 0. The number of methoxy groups -OCH3 is 1. The number of fused-ring (bicyclic) bond motifs is 1. The number of ether oxygens (including phenoxy) is 1. The van der Waals surface area contributed by atoms with Gasteiger partial charge in [0.25, 0.3) is 10.0 Å². The van der Waals surface area contributed by atoms with Gasteiger partial charge in [0.2, 0.25) is 0 Å². The van der Waals surface area contributed by atoms with Crippen LogP contribution in [-0.2, 0) is 14.8 Å². The summed E-state index contributed by atoms with van der Waals surface area (Å²) < 4.78 is 32.6. The summed E-state index contributed by atoms with van der Waals surface area (Å²) in [6, 6.07) is 6.96. The Morgan fingerprint density at radius 2 is 2.11 bits per heavy atom. The van der Waals surface area contributed by atoms with Gasteiger partial charge in [-0.3, -0.25) is 0 Å². The Bertz CT molecular complexity index is 566. The van der Waals surface area contributed by atoms with Crippen molar-refractivity contribution in [3.8, 4) is 0 Å². The molecular formula is C12H16N2O3S. The molecule has 5 nitrogen and oxygen atoms in total. The van der Waals surface area contributed by atoms with E-state index in [1.165, 1.54) is 0 Å². The second-order valence-electron chi connectivity index (χ2n) is 4.15. The zero-order chi connectivity index (χ0) is 13.2. The van der Waals surface area contributed by atoms with Gasteiger partial charge in [-0.15, -0.1) is 0 Å². The minimum Gasteiger partial charge on any atom is -0.383 e. The Kier molecular flexibility index (Phi) is 3.79. The SMILES string of the molecule is CNC(COC)CC1=NS(=O)(=O)c2ccccc21. The zero-order valence-corrected chi connectivity index (χ0v) is 11.2. The predicted molar refractivity (Wildman–Crippen MR) is 69.5 cm³/mol. The van der Waals surface area contributed by atoms with E-state index in [9.17, 15) is 8.42 Å². The summed E-state index contributed by atoms with van der Waals surface area (Å²) in [7, 11) is -0.0686. The quantitative estimate of drug-likeness (QED) is 0.858. The van der Waals surface area contributed by atoms with E-state index < -0.39 is 10.0 Å². The summed E-state index contributed by atoms with van der Waals surface area (Å²) in [4.78, 5) is 0.298. The van der Waals surface area contributed by atoms with Crippen LogP contribution in [0.2, 0.25) is 0 Å². The van der Waals surface area contributed by atoms with Gasteiger partial charge in [-0.1, -0.05) is 18.2 Å². The monoisotopic (exact) mass is 268 g/mol. The standard InChI is InChI=1S/C12H16N2O3S/c1-13-9(8-17-2)7-11-10-5-3-4-6-12(10)18(15,16)14-11/h3-6,9,13H,7-8H2,1-2H3. The highest BCUT2D eigenvalue weighted by Crippen LogP contribution is 2.27. The van der Waals surface area contributed by atoms with Crippen LogP contribution in [0.1, 0.15) is 12.0 Å². The van der Waals surface area contributed by atoms with E-state index in [0.29, 0.717) is 29.2 Å². The minimum absolute atomic E-state index is 0.0510. The number of likely N-dealkylation sites (N-methyl/N-ethyl adjacent to an activating group) is 1. The van der Waals surface area contributed by atoms with Crippen molar-refractivity contribution in [2.45, 2.75) is 17.4 Å². The molecule has 0 spiro atoms. The molecule has 6 heteroatoms. The molecular weight excluding hydrogens is 252 g/mol. The highest BCUT2D eigenvalue weighted by Gasteiger charge is 2.29. The van der Waals surface area contributed by atoms with Gasteiger partial charge in [0.1, 0.15) is 0 Å². The van der Waals surface area contributed by atoms with Crippen LogP contribution in [0.15, 0.2) is 33.6 Å². The first-order chi connectivity index (χ1) is 8.58. The molecule has 1 atom stereocenters. The second kappa shape index (κ2) is 5.17. The molecule has 1 heterocycles. The molecule has 1 aliphatic heterocycles. The largest absolute Gasteiger partial charge is 0.383 e. The summed E-state index contributed by atoms with van der Waals surface area (Å²) in [5, 5.41) is 3.09. The zero-order valence-electron chi connectivity index (χ0n) is 10.4. The molecule has 18 heavy (non-hydrogen) atoms. The molecule has 0 fully saturated rings. The van der Waals surface area contributed by atoms with Gasteiger partial charge in [0.15, 0.2) is 0 Å². The smallest absolute Gasteiger partial charge is 0.283 e. The summed E-state index contributed by atoms with van der Waals surface area (Å²) in [5.41, 5.74) is 1.30. The van der Waals surface area contributed by atoms with Crippen molar-refractivity contribution in [2.24, 2.45) is 4.40 Å². The third-order valence-electron chi connectivity index (χ3n) is 2.92. The fraction of sp³-hybridized carbons (Fsp3) is 0.417. The highest BCUT2D eigenvalue weighted by molar-refractivity contribution is 7.90. The van der Waals surface area contributed by atoms with Gasteiger partial charge in [-0.2, -0.15) is 12.8 Å². The number of sulfonamides is 1. The van der Waals surface area contributed by atoms with E-state index in [1.54, 1.807) is 25.3 Å². The van der Waals surface area contributed by atoms with Crippen LogP contribution in [0.25, 0.3) is 0 Å². The van der Waals surface area contributed by atoms with Crippen LogP contribution in [0.5, 0.6) is 0 Å². The van der Waals surface area contributed by atoms with Crippen molar-refractivity contribution in [3.05, 3.63) is 29.8 Å². The molecule has 0 bridgehead atoms. The average Bonchev–Trinajstić information content (AvgIpc) is 2.61. The van der Waals surface area contributed by atoms with E-state index in [2.05, 4.69) is 9.71 Å². The summed E-state index contributed by atoms with van der Waals surface area (Å²) in [6.07, 6.45) is 0.528. The fourth-order valence-electron chi connectivity index (χ4n) is 2.00. The third-order valence-corrected chi connectivity index (χ3v) is 4.29. The Hall–Kier alpha value is -1.24. The molecule has 1 aromatic rings. The average molecular weight is 268 g/mol. The molecule has 1 aromatic carbocycles. The van der Waals surface area contributed by atoms with Gasteiger partial charge >= 0.3 is 0 Å². The number of nitrogens with one attached hydrogen (secondary N) is 1. The lowest BCUT2D eigenvalue weighted by Gasteiger charge is -2.14. The lowest BCUT2D eigenvalue weighted by atomic mass is 10.0. The molecule has 0 amide bonds. The number of hydrogen-bond acceptors (Lipinski definition) is 4. The van der Waals surface area contributed by atoms with Gasteiger partial charge in [-0.05, 0) is 13.1 Å². The number of hydrogen-bond donors (Lipinski definition) is 1. The van der Waals surface area contributed by atoms with Crippen LogP contribution in [-0.4, -0.2) is 40.9 Å². The lowest BCUT2D eigenvalue weighted by Crippen LogP contribution is -2.32. The van der Waals surface area contributed by atoms with Gasteiger partial charge < -0.3 is 10.1 Å². The molecule has 0 aliphatic carbocycles. The lowest BCUT2D eigenvalue weighted by molar-refractivity contribution is 0.172. The molecule has 1 unspecified atom stereocenters. The molecule has 0 saturated carbocycles. The second-order valence-corrected chi connectivity index (χ2v) is 5.73. The van der Waals surface area contributed by atoms with Gasteiger partial charge in [-0.25, -0.2) is 0 Å². The van der Waals surface area contributed by atoms with Crippen molar-refractivity contribution in [3.63, 3.8) is 0 Å². The van der Waals surface area contributed by atoms with E-state index in [4.69, 9.17) is 4.74 Å². The Morgan fingerprint density at radius 3 is 2.78 bits per heavy atom. The maximum atomic E-state index is 11.9. The maximum Gasteiger partial charge on any atom is 0.283 e. The molecule has 98 valence electrons. The van der Waals surface area contributed by atoms with Crippen molar-refractivity contribution in [1.82, 2.24) is 5.32 Å². The van der Waals surface area contributed by atoms with E-state index in [0.717, 1.165) is 0 Å². The molecule has 2 rings (SSSR count). The van der Waals surface area contributed by atoms with E-state index in [1.807, 2.05) is 13.1 Å². The predicted octanol–water partition coefficient (Wildman–Crippen LogP) is 0.802. The Morgan fingerprint density at radius 1 is 1.39 bits per heavy atom. The fourth-order valence-corrected chi connectivity index (χ4v) is 3.28. The highest BCUT2D eigenvalue weighted by atomic mass is 32.2.